The molecule has 1 aliphatic heterocycles. The Kier molecular flexibility index (Phi) is 4.52. The SMILES string of the molecule is Cc1cc(C)c(CNC2CCSCC2)cc1C. The van der Waals surface area contributed by atoms with Gasteiger partial charge in [0, 0.05) is 12.6 Å². The van der Waals surface area contributed by atoms with Gasteiger partial charge in [0.05, 0.1) is 0 Å². The molecular formula is C15H23NS. The first-order valence-corrected chi connectivity index (χ1v) is 7.70. The molecule has 0 unspecified atom stereocenters. The minimum atomic E-state index is 0.734. The zero-order valence-electron chi connectivity index (χ0n) is 11.2. The van der Waals surface area contributed by atoms with Crippen LogP contribution in [0.4, 0.5) is 0 Å². The molecule has 0 atom stereocenters. The third-order valence-corrected chi connectivity index (χ3v) is 4.80. The lowest BCUT2D eigenvalue weighted by Gasteiger charge is -2.23. The molecule has 0 saturated carbocycles. The second kappa shape index (κ2) is 5.92. The number of thioether (sulfide) groups is 1. The second-order valence-electron chi connectivity index (χ2n) is 5.13. The van der Waals surface area contributed by atoms with Crippen LogP contribution in [0.25, 0.3) is 0 Å². The molecule has 0 amide bonds. The van der Waals surface area contributed by atoms with Crippen LogP contribution in [0.15, 0.2) is 12.1 Å². The second-order valence-corrected chi connectivity index (χ2v) is 6.36. The van der Waals surface area contributed by atoms with Crippen molar-refractivity contribution in [1.29, 1.82) is 0 Å². The highest BCUT2D eigenvalue weighted by atomic mass is 32.2. The first-order chi connectivity index (χ1) is 8.16. The summed E-state index contributed by atoms with van der Waals surface area (Å²) in [7, 11) is 0. The van der Waals surface area contributed by atoms with E-state index in [4.69, 9.17) is 0 Å². The predicted octanol–water partition coefficient (Wildman–Crippen LogP) is 3.60. The van der Waals surface area contributed by atoms with Gasteiger partial charge in [0.25, 0.3) is 0 Å². The lowest BCUT2D eigenvalue weighted by molar-refractivity contribution is 0.481. The van der Waals surface area contributed by atoms with Crippen LogP contribution in [0, 0.1) is 20.8 Å². The molecule has 0 bridgehead atoms. The van der Waals surface area contributed by atoms with Crippen molar-refractivity contribution in [3.05, 3.63) is 34.4 Å². The zero-order valence-corrected chi connectivity index (χ0v) is 12.0. The summed E-state index contributed by atoms with van der Waals surface area (Å²) in [5.41, 5.74) is 5.70. The Bertz CT molecular complexity index is 381. The molecule has 1 N–H and O–H groups in total. The Morgan fingerprint density at radius 1 is 1.06 bits per heavy atom. The van der Waals surface area contributed by atoms with E-state index in [0.29, 0.717) is 0 Å². The fourth-order valence-electron chi connectivity index (χ4n) is 2.37. The van der Waals surface area contributed by atoms with Crippen molar-refractivity contribution >= 4 is 11.8 Å². The summed E-state index contributed by atoms with van der Waals surface area (Å²) in [5.74, 6) is 2.65. The molecule has 1 aliphatic rings. The molecule has 0 aromatic heterocycles. The summed E-state index contributed by atoms with van der Waals surface area (Å²) in [6.07, 6.45) is 2.66. The largest absolute Gasteiger partial charge is 0.310 e. The molecule has 0 radical (unpaired) electrons. The molecule has 1 aromatic rings. The summed E-state index contributed by atoms with van der Waals surface area (Å²) in [6, 6.07) is 5.38. The Morgan fingerprint density at radius 2 is 1.71 bits per heavy atom. The van der Waals surface area contributed by atoms with Gasteiger partial charge in [-0.05, 0) is 67.4 Å². The van der Waals surface area contributed by atoms with Crippen molar-refractivity contribution in [3.8, 4) is 0 Å². The van der Waals surface area contributed by atoms with Crippen LogP contribution in [0.2, 0.25) is 0 Å². The van der Waals surface area contributed by atoms with Crippen molar-refractivity contribution in [1.82, 2.24) is 5.32 Å². The van der Waals surface area contributed by atoms with E-state index in [2.05, 4.69) is 50.0 Å². The maximum absolute atomic E-state index is 3.71. The predicted molar refractivity (Wildman–Crippen MR) is 77.8 cm³/mol. The standard InChI is InChI=1S/C15H23NS/c1-11-8-13(3)14(9-12(11)2)10-16-15-4-6-17-7-5-15/h8-9,15-16H,4-7,10H2,1-3H3. The van der Waals surface area contributed by atoms with Crippen molar-refractivity contribution < 1.29 is 0 Å². The fourth-order valence-corrected chi connectivity index (χ4v) is 3.47. The zero-order chi connectivity index (χ0) is 12.3. The first kappa shape index (κ1) is 13.0. The summed E-state index contributed by atoms with van der Waals surface area (Å²) in [6.45, 7) is 7.65. The van der Waals surface area contributed by atoms with Crippen molar-refractivity contribution in [2.45, 2.75) is 46.2 Å². The van der Waals surface area contributed by atoms with Crippen LogP contribution in [0.1, 0.15) is 35.1 Å². The van der Waals surface area contributed by atoms with Crippen molar-refractivity contribution in [2.75, 3.05) is 11.5 Å². The van der Waals surface area contributed by atoms with Gasteiger partial charge in [-0.1, -0.05) is 12.1 Å². The van der Waals surface area contributed by atoms with Gasteiger partial charge >= 0.3 is 0 Å². The van der Waals surface area contributed by atoms with Crippen LogP contribution in [0.3, 0.4) is 0 Å². The number of hydrogen-bond donors (Lipinski definition) is 1. The molecule has 0 aliphatic carbocycles. The van der Waals surface area contributed by atoms with Gasteiger partial charge in [0.15, 0.2) is 0 Å². The minimum Gasteiger partial charge on any atom is -0.310 e. The third kappa shape index (κ3) is 3.49. The average molecular weight is 249 g/mol. The van der Waals surface area contributed by atoms with Gasteiger partial charge in [-0.25, -0.2) is 0 Å². The van der Waals surface area contributed by atoms with Crippen LogP contribution < -0.4 is 5.32 Å². The molecule has 17 heavy (non-hydrogen) atoms. The molecule has 1 fully saturated rings. The van der Waals surface area contributed by atoms with E-state index in [-0.39, 0.29) is 0 Å². The lowest BCUT2D eigenvalue weighted by atomic mass is 10.0. The van der Waals surface area contributed by atoms with E-state index in [1.54, 1.807) is 0 Å². The number of benzene rings is 1. The summed E-state index contributed by atoms with van der Waals surface area (Å²) < 4.78 is 0. The maximum atomic E-state index is 3.71. The smallest absolute Gasteiger partial charge is 0.0210 e. The Morgan fingerprint density at radius 3 is 2.41 bits per heavy atom. The molecule has 1 nitrogen and oxygen atoms in total. The van der Waals surface area contributed by atoms with Gasteiger partial charge < -0.3 is 5.32 Å². The topological polar surface area (TPSA) is 12.0 Å². The van der Waals surface area contributed by atoms with Crippen molar-refractivity contribution in [3.63, 3.8) is 0 Å². The molecular weight excluding hydrogens is 226 g/mol. The summed E-state index contributed by atoms with van der Waals surface area (Å²) in [4.78, 5) is 0. The Labute approximate surface area is 109 Å². The maximum Gasteiger partial charge on any atom is 0.0210 e. The molecule has 2 rings (SSSR count). The van der Waals surface area contributed by atoms with E-state index < -0.39 is 0 Å². The molecule has 94 valence electrons. The van der Waals surface area contributed by atoms with E-state index in [1.807, 2.05) is 0 Å². The van der Waals surface area contributed by atoms with E-state index >= 15 is 0 Å². The van der Waals surface area contributed by atoms with Gasteiger partial charge in [-0.2, -0.15) is 11.8 Å². The highest BCUT2D eigenvalue weighted by Gasteiger charge is 2.13. The van der Waals surface area contributed by atoms with Gasteiger partial charge in [0.1, 0.15) is 0 Å². The molecule has 1 aromatic carbocycles. The van der Waals surface area contributed by atoms with Crippen LogP contribution in [-0.2, 0) is 6.54 Å². The van der Waals surface area contributed by atoms with E-state index in [0.717, 1.165) is 12.6 Å². The number of rotatable bonds is 3. The quantitative estimate of drug-likeness (QED) is 0.878. The van der Waals surface area contributed by atoms with Gasteiger partial charge in [-0.3, -0.25) is 0 Å². The normalized spacial score (nSPS) is 17.4. The van der Waals surface area contributed by atoms with E-state index in [9.17, 15) is 0 Å². The molecule has 1 saturated heterocycles. The molecule has 1 heterocycles. The number of hydrogen-bond acceptors (Lipinski definition) is 2. The first-order valence-electron chi connectivity index (χ1n) is 6.54. The van der Waals surface area contributed by atoms with Crippen LogP contribution in [-0.4, -0.2) is 17.5 Å². The Balaban J connectivity index is 1.96. The molecule has 2 heteroatoms. The third-order valence-electron chi connectivity index (χ3n) is 3.75. The summed E-state index contributed by atoms with van der Waals surface area (Å²) in [5, 5.41) is 3.71. The fraction of sp³-hybridized carbons (Fsp3) is 0.600. The van der Waals surface area contributed by atoms with E-state index in [1.165, 1.54) is 46.6 Å². The highest BCUT2D eigenvalue weighted by molar-refractivity contribution is 7.99. The lowest BCUT2D eigenvalue weighted by Crippen LogP contribution is -2.32. The van der Waals surface area contributed by atoms with Crippen LogP contribution >= 0.6 is 11.8 Å². The van der Waals surface area contributed by atoms with Crippen LogP contribution in [0.5, 0.6) is 0 Å². The highest BCUT2D eigenvalue weighted by Crippen LogP contribution is 2.19. The Hall–Kier alpha value is -0.470. The number of aryl methyl sites for hydroxylation is 3. The summed E-state index contributed by atoms with van der Waals surface area (Å²) >= 11 is 2.09. The van der Waals surface area contributed by atoms with Gasteiger partial charge in [-0.15, -0.1) is 0 Å². The monoisotopic (exact) mass is 249 g/mol. The van der Waals surface area contributed by atoms with Gasteiger partial charge in [0.2, 0.25) is 0 Å². The van der Waals surface area contributed by atoms with Crippen molar-refractivity contribution in [2.24, 2.45) is 0 Å². The minimum absolute atomic E-state index is 0.734. The number of nitrogens with one attached hydrogen (secondary N) is 1. The molecule has 0 spiro atoms. The average Bonchev–Trinajstić information content (AvgIpc) is 2.33.